The minimum atomic E-state index is -0.858. The Hall–Kier alpha value is 1.05. The van der Waals surface area contributed by atoms with E-state index in [0.717, 1.165) is 0 Å². The van der Waals surface area contributed by atoms with Gasteiger partial charge in [-0.15, -0.1) is 9.64 Å². The molecule has 0 rings (SSSR count). The molecular weight excluding hydrogens is 212 g/mol. The van der Waals surface area contributed by atoms with Crippen LogP contribution in [-0.2, 0) is 0 Å². The van der Waals surface area contributed by atoms with Crippen molar-refractivity contribution < 1.29 is 0 Å². The second-order valence-corrected chi connectivity index (χ2v) is 12.9. The third-order valence-electron chi connectivity index (χ3n) is 2.10. The van der Waals surface area contributed by atoms with Crippen LogP contribution < -0.4 is 0 Å². The highest BCUT2D eigenvalue weighted by molar-refractivity contribution is 9.54. The monoisotopic (exact) mass is 226 g/mol. The van der Waals surface area contributed by atoms with Gasteiger partial charge >= 0.3 is 0 Å². The van der Waals surface area contributed by atoms with Gasteiger partial charge in [0, 0.05) is 0 Å². The predicted octanol–water partition coefficient (Wildman–Crippen LogP) is 4.03. The molecule has 0 atom stereocenters. The first-order valence-corrected chi connectivity index (χ1v) is 9.55. The second-order valence-electron chi connectivity index (χ2n) is 2.32. The molecule has 0 nitrogen and oxygen atoms in total. The van der Waals surface area contributed by atoms with Crippen LogP contribution in [0.25, 0.3) is 0 Å². The maximum absolute atomic E-state index is 3.53. The van der Waals surface area contributed by atoms with Crippen LogP contribution in [0.15, 0.2) is 0 Å². The zero-order chi connectivity index (χ0) is 7.33. The highest BCUT2D eigenvalue weighted by Gasteiger charge is 2.26. The van der Waals surface area contributed by atoms with Crippen molar-refractivity contribution in [3.8, 4) is 0 Å². The smallest absolute Gasteiger partial charge is 0.110 e. The summed E-state index contributed by atoms with van der Waals surface area (Å²) < 4.78 is 0. The Labute approximate surface area is 70.7 Å². The zero-order valence-electron chi connectivity index (χ0n) is 6.41. The van der Waals surface area contributed by atoms with Crippen LogP contribution in [0.2, 0.25) is 18.1 Å². The van der Waals surface area contributed by atoms with Crippen LogP contribution >= 0.6 is 24.5 Å². The van der Waals surface area contributed by atoms with Gasteiger partial charge in [-0.3, -0.25) is 0 Å². The standard InChI is InChI=1S/C6H15BrSSi/c1-4-9(5-2,6-3)8-7/h4-6H2,1-3H3. The second kappa shape index (κ2) is 4.80. The molecule has 3 heteroatoms. The van der Waals surface area contributed by atoms with Crippen LogP contribution in [0.5, 0.6) is 0 Å². The minimum absolute atomic E-state index is 0.858. The van der Waals surface area contributed by atoms with E-state index in [1.807, 2.05) is 9.64 Å². The number of halogens is 1. The van der Waals surface area contributed by atoms with E-state index in [9.17, 15) is 0 Å². The molecule has 0 saturated heterocycles. The average Bonchev–Trinajstić information content (AvgIpc) is 1.95. The Morgan fingerprint density at radius 1 is 1.11 bits per heavy atom. The maximum atomic E-state index is 3.53. The number of hydrogen-bond acceptors (Lipinski definition) is 1. The average molecular weight is 227 g/mol. The highest BCUT2D eigenvalue weighted by Crippen LogP contribution is 2.36. The van der Waals surface area contributed by atoms with E-state index >= 15 is 0 Å². The molecule has 56 valence electrons. The molecule has 0 aliphatic heterocycles. The van der Waals surface area contributed by atoms with Crippen LogP contribution in [0, 0.1) is 0 Å². The van der Waals surface area contributed by atoms with Gasteiger partial charge in [-0.25, -0.2) is 0 Å². The van der Waals surface area contributed by atoms with Gasteiger partial charge in [-0.05, 0) is 14.8 Å². The SMILES string of the molecule is CC[Si](CC)(CC)SBr. The lowest BCUT2D eigenvalue weighted by Gasteiger charge is -2.22. The first-order valence-electron chi connectivity index (χ1n) is 3.54. The van der Waals surface area contributed by atoms with Gasteiger partial charge in [0.25, 0.3) is 0 Å². The summed E-state index contributed by atoms with van der Waals surface area (Å²) in [6.45, 7) is 6.94. The molecule has 0 fully saturated rings. The third-order valence-corrected chi connectivity index (χ3v) is 16.1. The Bertz CT molecular complexity index is 55.9. The summed E-state index contributed by atoms with van der Waals surface area (Å²) in [5.41, 5.74) is 0. The van der Waals surface area contributed by atoms with Crippen molar-refractivity contribution in [3.05, 3.63) is 0 Å². The molecule has 0 spiro atoms. The quantitative estimate of drug-likeness (QED) is 0.653. The first-order chi connectivity index (χ1) is 4.24. The van der Waals surface area contributed by atoms with E-state index in [2.05, 4.69) is 35.6 Å². The summed E-state index contributed by atoms with van der Waals surface area (Å²) in [5.74, 6) is 0. The Kier molecular flexibility index (Phi) is 5.36. The fourth-order valence-electron chi connectivity index (χ4n) is 0.914. The lowest BCUT2D eigenvalue weighted by molar-refractivity contribution is 1.23. The fraction of sp³-hybridized carbons (Fsp3) is 1.00. The van der Waals surface area contributed by atoms with Crippen molar-refractivity contribution in [1.82, 2.24) is 0 Å². The molecule has 0 bridgehead atoms. The first kappa shape index (κ1) is 10.0. The van der Waals surface area contributed by atoms with Gasteiger partial charge in [-0.2, -0.15) is 0 Å². The van der Waals surface area contributed by atoms with Crippen LogP contribution in [0.1, 0.15) is 20.8 Å². The third kappa shape index (κ3) is 2.64. The highest BCUT2D eigenvalue weighted by atomic mass is 79.9. The van der Waals surface area contributed by atoms with Gasteiger partial charge in [0.05, 0.1) is 0 Å². The molecule has 0 heterocycles. The summed E-state index contributed by atoms with van der Waals surface area (Å²) in [7, 11) is 1.11. The lowest BCUT2D eigenvalue weighted by atomic mass is 10.9. The molecule has 0 radical (unpaired) electrons. The van der Waals surface area contributed by atoms with Crippen molar-refractivity contribution in [2.45, 2.75) is 38.9 Å². The largest absolute Gasteiger partial charge is 0.131 e. The summed E-state index contributed by atoms with van der Waals surface area (Å²) in [5, 5.41) is 0. The minimum Gasteiger partial charge on any atom is -0.110 e. The van der Waals surface area contributed by atoms with Gasteiger partial charge in [0.2, 0.25) is 0 Å². The molecule has 0 unspecified atom stereocenters. The van der Waals surface area contributed by atoms with Crippen molar-refractivity contribution in [2.75, 3.05) is 0 Å². The summed E-state index contributed by atoms with van der Waals surface area (Å²) in [6.07, 6.45) is 0. The lowest BCUT2D eigenvalue weighted by Crippen LogP contribution is -2.24. The van der Waals surface area contributed by atoms with E-state index in [1.54, 1.807) is 0 Å². The van der Waals surface area contributed by atoms with E-state index in [0.29, 0.717) is 0 Å². The summed E-state index contributed by atoms with van der Waals surface area (Å²) in [6, 6.07) is 4.20. The zero-order valence-corrected chi connectivity index (χ0v) is 9.81. The van der Waals surface area contributed by atoms with Gasteiger partial charge in [-0.1, -0.05) is 38.9 Å². The molecule has 9 heavy (non-hydrogen) atoms. The number of rotatable bonds is 4. The summed E-state index contributed by atoms with van der Waals surface area (Å²) >= 11 is 3.53. The predicted molar refractivity (Wildman–Crippen MR) is 53.7 cm³/mol. The molecule has 0 aromatic rings. The summed E-state index contributed by atoms with van der Waals surface area (Å²) in [4.78, 5) is 0. The van der Waals surface area contributed by atoms with E-state index in [1.165, 1.54) is 18.1 Å². The van der Waals surface area contributed by atoms with Crippen molar-refractivity contribution >= 4 is 31.7 Å². The Morgan fingerprint density at radius 3 is 1.44 bits per heavy atom. The molecule has 0 aliphatic carbocycles. The molecule has 0 saturated carbocycles. The number of hydrogen-bond donors (Lipinski definition) is 0. The van der Waals surface area contributed by atoms with Gasteiger partial charge in [0.15, 0.2) is 0 Å². The van der Waals surface area contributed by atoms with Crippen molar-refractivity contribution in [1.29, 1.82) is 0 Å². The van der Waals surface area contributed by atoms with Crippen LogP contribution in [0.4, 0.5) is 0 Å². The van der Waals surface area contributed by atoms with E-state index in [4.69, 9.17) is 0 Å². The Balaban J connectivity index is 3.82. The molecule has 0 aromatic carbocycles. The molecule has 0 aliphatic rings. The van der Waals surface area contributed by atoms with Gasteiger partial charge in [0.1, 0.15) is 7.22 Å². The van der Waals surface area contributed by atoms with Gasteiger partial charge < -0.3 is 0 Å². The van der Waals surface area contributed by atoms with Crippen LogP contribution in [0.3, 0.4) is 0 Å². The van der Waals surface area contributed by atoms with E-state index < -0.39 is 7.22 Å². The maximum Gasteiger partial charge on any atom is 0.131 e. The fourth-order valence-corrected chi connectivity index (χ4v) is 9.90. The molecule has 0 aromatic heterocycles. The molecule has 0 N–H and O–H groups in total. The van der Waals surface area contributed by atoms with Crippen molar-refractivity contribution in [3.63, 3.8) is 0 Å². The Morgan fingerprint density at radius 2 is 1.44 bits per heavy atom. The topological polar surface area (TPSA) is 0 Å². The molecular formula is C6H15BrSSi. The van der Waals surface area contributed by atoms with Crippen LogP contribution in [-0.4, -0.2) is 7.22 Å². The van der Waals surface area contributed by atoms with E-state index in [-0.39, 0.29) is 0 Å². The normalized spacial score (nSPS) is 12.0. The van der Waals surface area contributed by atoms with Crippen molar-refractivity contribution in [2.24, 2.45) is 0 Å². The molecule has 0 amide bonds.